The quantitative estimate of drug-likeness (QED) is 0.714. The number of benzene rings is 2. The minimum atomic E-state index is 0.153. The van der Waals surface area contributed by atoms with Gasteiger partial charge in [-0.05, 0) is 23.6 Å². The second-order valence-electron chi connectivity index (χ2n) is 4.74. The molecule has 1 atom stereocenters. The summed E-state index contributed by atoms with van der Waals surface area (Å²) in [5.41, 5.74) is 2.88. The Balaban J connectivity index is 2.15. The SMILES string of the molecule is O=C1CCC(c2cccc(Cl)c2Cl)c2ccccc21. The van der Waals surface area contributed by atoms with E-state index in [0.717, 1.165) is 23.1 Å². The third-order valence-corrected chi connectivity index (χ3v) is 4.49. The summed E-state index contributed by atoms with van der Waals surface area (Å²) < 4.78 is 0. The molecule has 1 nitrogen and oxygen atoms in total. The molecule has 1 unspecified atom stereocenters. The lowest BCUT2D eigenvalue weighted by atomic mass is 9.78. The number of carbonyl (C=O) groups excluding carboxylic acids is 1. The number of hydrogen-bond donors (Lipinski definition) is 0. The zero-order valence-corrected chi connectivity index (χ0v) is 11.7. The molecule has 0 amide bonds. The Labute approximate surface area is 122 Å². The number of Topliss-reactive ketones (excluding diaryl/α,β-unsaturated/α-hetero) is 1. The lowest BCUT2D eigenvalue weighted by Gasteiger charge is -2.26. The standard InChI is InChI=1S/C16H12Cl2O/c17-14-7-3-6-13(16(14)18)11-8-9-15(19)12-5-2-1-4-10(11)12/h1-7,11H,8-9H2. The van der Waals surface area contributed by atoms with Crippen molar-refractivity contribution in [1.82, 2.24) is 0 Å². The topological polar surface area (TPSA) is 17.1 Å². The van der Waals surface area contributed by atoms with Gasteiger partial charge in [-0.25, -0.2) is 0 Å². The number of fused-ring (bicyclic) bond motifs is 1. The van der Waals surface area contributed by atoms with E-state index in [1.54, 1.807) is 6.07 Å². The molecular formula is C16H12Cl2O. The Morgan fingerprint density at radius 2 is 1.68 bits per heavy atom. The fourth-order valence-corrected chi connectivity index (χ4v) is 3.17. The lowest BCUT2D eigenvalue weighted by Crippen LogP contribution is -2.16. The summed E-state index contributed by atoms with van der Waals surface area (Å²) >= 11 is 12.4. The fourth-order valence-electron chi connectivity index (χ4n) is 2.73. The maximum atomic E-state index is 12.0. The molecule has 0 heterocycles. The van der Waals surface area contributed by atoms with Crippen molar-refractivity contribution in [3.8, 4) is 0 Å². The second kappa shape index (κ2) is 4.99. The van der Waals surface area contributed by atoms with E-state index in [1.165, 1.54) is 0 Å². The zero-order chi connectivity index (χ0) is 13.4. The van der Waals surface area contributed by atoms with Crippen LogP contribution in [0.5, 0.6) is 0 Å². The molecule has 2 aromatic rings. The number of ketones is 1. The molecule has 0 N–H and O–H groups in total. The Bertz CT molecular complexity index is 649. The van der Waals surface area contributed by atoms with Crippen LogP contribution in [-0.4, -0.2) is 5.78 Å². The van der Waals surface area contributed by atoms with Crippen LogP contribution in [0.2, 0.25) is 10.0 Å². The van der Waals surface area contributed by atoms with E-state index < -0.39 is 0 Å². The summed E-state index contributed by atoms with van der Waals surface area (Å²) in [6, 6.07) is 13.4. The van der Waals surface area contributed by atoms with E-state index in [-0.39, 0.29) is 11.7 Å². The maximum Gasteiger partial charge on any atom is 0.163 e. The average molecular weight is 291 g/mol. The van der Waals surface area contributed by atoms with Crippen LogP contribution in [0.15, 0.2) is 42.5 Å². The van der Waals surface area contributed by atoms with Gasteiger partial charge in [0.2, 0.25) is 0 Å². The summed E-state index contributed by atoms with van der Waals surface area (Å²) in [5, 5.41) is 1.16. The molecule has 1 aliphatic rings. The fraction of sp³-hybridized carbons (Fsp3) is 0.188. The summed E-state index contributed by atoms with van der Waals surface area (Å²) in [6.45, 7) is 0. The first kappa shape index (κ1) is 12.7. The first-order valence-corrected chi connectivity index (χ1v) is 7.00. The predicted molar refractivity (Wildman–Crippen MR) is 78.3 cm³/mol. The molecule has 0 spiro atoms. The van der Waals surface area contributed by atoms with E-state index >= 15 is 0 Å². The number of rotatable bonds is 1. The van der Waals surface area contributed by atoms with Crippen molar-refractivity contribution < 1.29 is 4.79 Å². The van der Waals surface area contributed by atoms with Crippen molar-refractivity contribution in [2.45, 2.75) is 18.8 Å². The van der Waals surface area contributed by atoms with Crippen LogP contribution in [0, 0.1) is 0 Å². The van der Waals surface area contributed by atoms with Gasteiger partial charge in [-0.1, -0.05) is 59.6 Å². The summed E-state index contributed by atoms with van der Waals surface area (Å²) in [5.74, 6) is 0.366. The Morgan fingerprint density at radius 3 is 2.53 bits per heavy atom. The van der Waals surface area contributed by atoms with Gasteiger partial charge in [-0.2, -0.15) is 0 Å². The second-order valence-corrected chi connectivity index (χ2v) is 5.53. The maximum absolute atomic E-state index is 12.0. The van der Waals surface area contributed by atoms with Gasteiger partial charge in [0.05, 0.1) is 10.0 Å². The number of carbonyl (C=O) groups is 1. The van der Waals surface area contributed by atoms with Gasteiger partial charge >= 0.3 is 0 Å². The van der Waals surface area contributed by atoms with Gasteiger partial charge in [-0.15, -0.1) is 0 Å². The van der Waals surface area contributed by atoms with Gasteiger partial charge < -0.3 is 0 Å². The highest BCUT2D eigenvalue weighted by atomic mass is 35.5. The van der Waals surface area contributed by atoms with Gasteiger partial charge in [0.15, 0.2) is 5.78 Å². The van der Waals surface area contributed by atoms with Crippen LogP contribution >= 0.6 is 23.2 Å². The third kappa shape index (κ3) is 2.18. The van der Waals surface area contributed by atoms with E-state index in [9.17, 15) is 4.79 Å². The average Bonchev–Trinajstić information content (AvgIpc) is 2.43. The normalized spacial score (nSPS) is 18.2. The molecule has 96 valence electrons. The molecule has 3 rings (SSSR count). The van der Waals surface area contributed by atoms with E-state index in [2.05, 4.69) is 0 Å². The van der Waals surface area contributed by atoms with Gasteiger partial charge in [-0.3, -0.25) is 4.79 Å². The molecule has 2 aromatic carbocycles. The highest BCUT2D eigenvalue weighted by Crippen LogP contribution is 2.41. The van der Waals surface area contributed by atoms with Crippen molar-refractivity contribution in [3.63, 3.8) is 0 Å². The molecule has 0 saturated carbocycles. The molecular weight excluding hydrogens is 279 g/mol. The molecule has 19 heavy (non-hydrogen) atoms. The van der Waals surface area contributed by atoms with Crippen molar-refractivity contribution in [1.29, 1.82) is 0 Å². The molecule has 0 bridgehead atoms. The van der Waals surface area contributed by atoms with E-state index in [0.29, 0.717) is 16.5 Å². The van der Waals surface area contributed by atoms with Crippen molar-refractivity contribution >= 4 is 29.0 Å². The van der Waals surface area contributed by atoms with E-state index in [4.69, 9.17) is 23.2 Å². The van der Waals surface area contributed by atoms with Crippen LogP contribution < -0.4 is 0 Å². The van der Waals surface area contributed by atoms with Crippen LogP contribution in [0.4, 0.5) is 0 Å². The lowest BCUT2D eigenvalue weighted by molar-refractivity contribution is 0.0969. The largest absolute Gasteiger partial charge is 0.294 e. The van der Waals surface area contributed by atoms with Crippen LogP contribution in [0.25, 0.3) is 0 Å². The van der Waals surface area contributed by atoms with Gasteiger partial charge in [0.25, 0.3) is 0 Å². The highest BCUT2D eigenvalue weighted by molar-refractivity contribution is 6.42. The molecule has 0 aliphatic heterocycles. The summed E-state index contributed by atoms with van der Waals surface area (Å²) in [6.07, 6.45) is 1.35. The number of hydrogen-bond acceptors (Lipinski definition) is 1. The molecule has 0 fully saturated rings. The molecule has 3 heteroatoms. The third-order valence-electron chi connectivity index (χ3n) is 3.65. The Kier molecular flexibility index (Phi) is 3.34. The minimum Gasteiger partial charge on any atom is -0.294 e. The highest BCUT2D eigenvalue weighted by Gasteiger charge is 2.27. The smallest absolute Gasteiger partial charge is 0.163 e. The Morgan fingerprint density at radius 1 is 0.947 bits per heavy atom. The summed E-state index contributed by atoms with van der Waals surface area (Å²) in [4.78, 5) is 12.0. The van der Waals surface area contributed by atoms with Crippen LogP contribution in [-0.2, 0) is 0 Å². The van der Waals surface area contributed by atoms with Crippen molar-refractivity contribution in [3.05, 3.63) is 69.2 Å². The molecule has 0 radical (unpaired) electrons. The monoisotopic (exact) mass is 290 g/mol. The van der Waals surface area contributed by atoms with E-state index in [1.807, 2.05) is 36.4 Å². The van der Waals surface area contributed by atoms with Gasteiger partial charge in [0.1, 0.15) is 0 Å². The molecule has 0 aromatic heterocycles. The minimum absolute atomic E-state index is 0.153. The molecule has 0 saturated heterocycles. The summed E-state index contributed by atoms with van der Waals surface area (Å²) in [7, 11) is 0. The predicted octanol–water partition coefficient (Wildman–Crippen LogP) is 5.10. The zero-order valence-electron chi connectivity index (χ0n) is 10.2. The van der Waals surface area contributed by atoms with Gasteiger partial charge in [0, 0.05) is 17.9 Å². The van der Waals surface area contributed by atoms with Crippen LogP contribution in [0.3, 0.4) is 0 Å². The first-order chi connectivity index (χ1) is 9.18. The first-order valence-electron chi connectivity index (χ1n) is 6.24. The van der Waals surface area contributed by atoms with Crippen molar-refractivity contribution in [2.24, 2.45) is 0 Å². The Hall–Kier alpha value is -1.31. The van der Waals surface area contributed by atoms with Crippen LogP contribution in [0.1, 0.15) is 40.2 Å². The van der Waals surface area contributed by atoms with Crippen molar-refractivity contribution in [2.75, 3.05) is 0 Å². The molecule has 1 aliphatic carbocycles. The number of halogens is 2.